The zero-order valence-electron chi connectivity index (χ0n) is 17.2. The average molecular weight is 389 g/mol. The molecule has 2 atom stereocenters. The largest absolute Gasteiger partial charge is 0.507 e. The number of hydrogen-bond donors (Lipinski definition) is 2. The number of benzene rings is 2. The molecule has 1 heterocycles. The maximum atomic E-state index is 12.9. The molecular formula is C24H27N3O2. The molecule has 2 N–H and O–H groups in total. The molecule has 150 valence electrons. The van der Waals surface area contributed by atoms with Crippen molar-refractivity contribution in [2.24, 2.45) is 10.8 Å². The number of fused-ring (bicyclic) bond motifs is 3. The third-order valence-corrected chi connectivity index (χ3v) is 6.26. The third-order valence-electron chi connectivity index (χ3n) is 6.26. The number of nitrogens with zero attached hydrogens (tertiary/aromatic N) is 2. The van der Waals surface area contributed by atoms with Crippen molar-refractivity contribution >= 4 is 22.4 Å². The van der Waals surface area contributed by atoms with Crippen molar-refractivity contribution in [2.45, 2.75) is 46.1 Å². The van der Waals surface area contributed by atoms with Crippen molar-refractivity contribution in [1.82, 2.24) is 4.90 Å². The van der Waals surface area contributed by atoms with E-state index in [4.69, 9.17) is 0 Å². The molecule has 1 aliphatic carbocycles. The molecule has 0 spiro atoms. The second-order valence-corrected chi connectivity index (χ2v) is 9.67. The van der Waals surface area contributed by atoms with Gasteiger partial charge in [0.1, 0.15) is 17.4 Å². The number of amides is 1. The Kier molecular flexibility index (Phi) is 4.53. The molecule has 2 fully saturated rings. The highest BCUT2D eigenvalue weighted by atomic mass is 16.3. The SMILES string of the molecule is CC1(C)CC2CC(C)(CN2/C=C(/C#N)C(=O)Nc2cccc3c(O)cccc23)C1. The van der Waals surface area contributed by atoms with E-state index in [1.807, 2.05) is 6.07 Å². The van der Waals surface area contributed by atoms with E-state index in [1.54, 1.807) is 36.5 Å². The lowest BCUT2D eigenvalue weighted by molar-refractivity contribution is -0.112. The number of likely N-dealkylation sites (tertiary alicyclic amines) is 1. The summed E-state index contributed by atoms with van der Waals surface area (Å²) in [5, 5.41) is 24.0. The predicted octanol–water partition coefficient (Wildman–Crippen LogP) is 4.79. The third kappa shape index (κ3) is 3.67. The number of aromatic hydroxyl groups is 1. The normalized spacial score (nSPS) is 25.7. The fourth-order valence-corrected chi connectivity index (χ4v) is 5.55. The molecule has 5 heteroatoms. The summed E-state index contributed by atoms with van der Waals surface area (Å²) in [5.74, 6) is -0.260. The van der Waals surface area contributed by atoms with Crippen LogP contribution in [0.1, 0.15) is 40.0 Å². The van der Waals surface area contributed by atoms with Gasteiger partial charge in [0.2, 0.25) is 0 Å². The first-order valence-corrected chi connectivity index (χ1v) is 10.1. The van der Waals surface area contributed by atoms with Gasteiger partial charge in [0.05, 0.1) is 0 Å². The van der Waals surface area contributed by atoms with Crippen molar-refractivity contribution in [3.05, 3.63) is 48.2 Å². The highest BCUT2D eigenvalue weighted by Gasteiger charge is 2.48. The Morgan fingerprint density at radius 3 is 2.69 bits per heavy atom. The molecular weight excluding hydrogens is 362 g/mol. The number of carbonyl (C=O) groups is 1. The van der Waals surface area contributed by atoms with E-state index < -0.39 is 5.91 Å². The first kappa shape index (κ1) is 19.3. The smallest absolute Gasteiger partial charge is 0.267 e. The van der Waals surface area contributed by atoms with Crippen molar-refractivity contribution in [3.8, 4) is 11.8 Å². The highest BCUT2D eigenvalue weighted by molar-refractivity contribution is 6.11. The Labute approximate surface area is 171 Å². The molecule has 1 saturated carbocycles. The van der Waals surface area contributed by atoms with E-state index in [9.17, 15) is 15.2 Å². The number of rotatable bonds is 3. The lowest BCUT2D eigenvalue weighted by atomic mass is 9.65. The Bertz CT molecular complexity index is 1050. The number of phenolic OH excluding ortho intramolecular Hbond substituents is 1. The Hall–Kier alpha value is -3.00. The van der Waals surface area contributed by atoms with Crippen molar-refractivity contribution < 1.29 is 9.90 Å². The van der Waals surface area contributed by atoms with Crippen molar-refractivity contribution in [1.29, 1.82) is 5.26 Å². The van der Waals surface area contributed by atoms with E-state index in [2.05, 4.69) is 37.1 Å². The van der Waals surface area contributed by atoms with Gasteiger partial charge < -0.3 is 15.3 Å². The van der Waals surface area contributed by atoms with Crippen molar-refractivity contribution in [2.75, 3.05) is 11.9 Å². The highest BCUT2D eigenvalue weighted by Crippen LogP contribution is 2.52. The Morgan fingerprint density at radius 1 is 1.21 bits per heavy atom. The van der Waals surface area contributed by atoms with Crippen LogP contribution in [0.25, 0.3) is 10.8 Å². The van der Waals surface area contributed by atoms with E-state index in [0.717, 1.165) is 31.2 Å². The summed E-state index contributed by atoms with van der Waals surface area (Å²) in [6, 6.07) is 13.0. The molecule has 1 saturated heterocycles. The number of nitrogens with one attached hydrogen (secondary N) is 1. The van der Waals surface area contributed by atoms with E-state index in [1.165, 1.54) is 0 Å². The van der Waals surface area contributed by atoms with Crippen LogP contribution >= 0.6 is 0 Å². The monoisotopic (exact) mass is 389 g/mol. The number of phenols is 1. The molecule has 1 amide bonds. The lowest BCUT2D eigenvalue weighted by Gasteiger charge is -2.39. The molecule has 29 heavy (non-hydrogen) atoms. The van der Waals surface area contributed by atoms with Crippen molar-refractivity contribution in [3.63, 3.8) is 0 Å². The first-order valence-electron chi connectivity index (χ1n) is 10.1. The summed E-state index contributed by atoms with van der Waals surface area (Å²) in [5.41, 5.74) is 1.20. The van der Waals surface area contributed by atoms with Gasteiger partial charge in [-0.25, -0.2) is 0 Å². The number of carbonyl (C=O) groups excluding carboxylic acids is 1. The Balaban J connectivity index is 1.59. The van der Waals surface area contributed by atoms with Gasteiger partial charge in [-0.1, -0.05) is 45.0 Å². The minimum Gasteiger partial charge on any atom is -0.507 e. The quantitative estimate of drug-likeness (QED) is 0.584. The maximum absolute atomic E-state index is 12.9. The molecule has 0 radical (unpaired) electrons. The topological polar surface area (TPSA) is 76.4 Å². The number of nitriles is 1. The maximum Gasteiger partial charge on any atom is 0.267 e. The summed E-state index contributed by atoms with van der Waals surface area (Å²) in [7, 11) is 0. The lowest BCUT2D eigenvalue weighted by Crippen LogP contribution is -2.33. The van der Waals surface area contributed by atoms with Gasteiger partial charge in [-0.2, -0.15) is 5.26 Å². The van der Waals surface area contributed by atoms with Crippen LogP contribution in [0.4, 0.5) is 5.69 Å². The molecule has 2 aromatic rings. The van der Waals surface area contributed by atoms with Gasteiger partial charge in [0.25, 0.3) is 5.91 Å². The van der Waals surface area contributed by atoms with Gasteiger partial charge in [0.15, 0.2) is 0 Å². The molecule has 2 aromatic carbocycles. The summed E-state index contributed by atoms with van der Waals surface area (Å²) < 4.78 is 0. The minimum absolute atomic E-state index is 0.108. The summed E-state index contributed by atoms with van der Waals surface area (Å²) in [4.78, 5) is 15.1. The van der Waals surface area contributed by atoms with E-state index in [-0.39, 0.29) is 22.2 Å². The molecule has 5 nitrogen and oxygen atoms in total. The van der Waals surface area contributed by atoms with Crippen LogP contribution in [0.15, 0.2) is 48.2 Å². The van der Waals surface area contributed by atoms with E-state index in [0.29, 0.717) is 17.1 Å². The van der Waals surface area contributed by atoms with Crippen LogP contribution in [0.5, 0.6) is 5.75 Å². The number of hydrogen-bond acceptors (Lipinski definition) is 4. The van der Waals surface area contributed by atoms with Gasteiger partial charge in [-0.3, -0.25) is 4.79 Å². The fraction of sp³-hybridized carbons (Fsp3) is 0.417. The second-order valence-electron chi connectivity index (χ2n) is 9.67. The van der Waals surface area contributed by atoms with Gasteiger partial charge >= 0.3 is 0 Å². The molecule has 1 aliphatic heterocycles. The van der Waals surface area contributed by atoms with Crippen LogP contribution in [-0.4, -0.2) is 28.5 Å². The first-order chi connectivity index (χ1) is 13.7. The van der Waals surface area contributed by atoms with Crippen LogP contribution < -0.4 is 5.32 Å². The molecule has 0 aromatic heterocycles. The van der Waals surface area contributed by atoms with Gasteiger partial charge in [-0.15, -0.1) is 0 Å². The molecule has 4 rings (SSSR count). The minimum atomic E-state index is -0.422. The standard InChI is InChI=1S/C24H27N3O2/c1-23(2)10-17-11-24(3,14-23)15-27(17)13-16(12-25)22(29)26-20-8-4-7-19-18(20)6-5-9-21(19)28/h4-9,13,17,28H,10-11,14-15H2,1-3H3,(H,26,29)/b16-13-. The zero-order chi connectivity index (χ0) is 20.8. The zero-order valence-corrected chi connectivity index (χ0v) is 17.2. The van der Waals surface area contributed by atoms with Crippen LogP contribution in [-0.2, 0) is 4.79 Å². The molecule has 2 bridgehead atoms. The second kappa shape index (κ2) is 6.81. The molecule has 2 unspecified atom stereocenters. The summed E-state index contributed by atoms with van der Waals surface area (Å²) >= 11 is 0. The number of anilines is 1. The fourth-order valence-electron chi connectivity index (χ4n) is 5.55. The van der Waals surface area contributed by atoms with Gasteiger partial charge in [0, 0.05) is 35.2 Å². The molecule has 2 aliphatic rings. The Morgan fingerprint density at radius 2 is 1.93 bits per heavy atom. The van der Waals surface area contributed by atoms with E-state index >= 15 is 0 Å². The predicted molar refractivity (Wildman–Crippen MR) is 114 cm³/mol. The summed E-state index contributed by atoms with van der Waals surface area (Å²) in [6.45, 7) is 7.79. The average Bonchev–Trinajstić information content (AvgIpc) is 2.88. The summed E-state index contributed by atoms with van der Waals surface area (Å²) in [6.07, 6.45) is 5.08. The van der Waals surface area contributed by atoms with Crippen LogP contribution in [0.3, 0.4) is 0 Å². The van der Waals surface area contributed by atoms with Crippen LogP contribution in [0, 0.1) is 22.2 Å². The van der Waals surface area contributed by atoms with Crippen LogP contribution in [0.2, 0.25) is 0 Å². The van der Waals surface area contributed by atoms with Gasteiger partial charge in [-0.05, 0) is 42.2 Å².